The summed E-state index contributed by atoms with van der Waals surface area (Å²) in [6.45, 7) is 2.96. The first kappa shape index (κ1) is 14.8. The maximum Gasteiger partial charge on any atom is 0.390 e. The number of nitrogens with zero attached hydrogens (tertiary/aromatic N) is 1. The lowest BCUT2D eigenvalue weighted by Crippen LogP contribution is -2.30. The molecule has 0 amide bonds. The van der Waals surface area contributed by atoms with Crippen LogP contribution in [0, 0.1) is 6.92 Å². The van der Waals surface area contributed by atoms with Crippen LogP contribution in [0.4, 0.5) is 18.9 Å². The number of halogens is 3. The second kappa shape index (κ2) is 6.64. The number of benzene rings is 1. The van der Waals surface area contributed by atoms with E-state index in [0.717, 1.165) is 11.3 Å². The van der Waals surface area contributed by atoms with E-state index in [0.29, 0.717) is 19.5 Å². The molecule has 2 N–H and O–H groups in total. The zero-order valence-electron chi connectivity index (χ0n) is 10.5. The Morgan fingerprint density at radius 1 is 1.11 bits per heavy atom. The number of hydrogen-bond acceptors (Lipinski definition) is 2. The van der Waals surface area contributed by atoms with Gasteiger partial charge in [0.25, 0.3) is 0 Å². The predicted octanol–water partition coefficient (Wildman–Crippen LogP) is 3.10. The van der Waals surface area contributed by atoms with Crippen LogP contribution in [-0.2, 0) is 0 Å². The van der Waals surface area contributed by atoms with Crippen LogP contribution in [-0.4, -0.2) is 25.8 Å². The van der Waals surface area contributed by atoms with E-state index in [1.807, 2.05) is 31.2 Å². The van der Waals surface area contributed by atoms with Crippen molar-refractivity contribution in [1.29, 1.82) is 0 Å². The second-order valence-electron chi connectivity index (χ2n) is 4.33. The van der Waals surface area contributed by atoms with Crippen molar-refractivity contribution >= 4 is 5.69 Å². The molecular formula is C13H19F3N2. The van der Waals surface area contributed by atoms with Gasteiger partial charge in [-0.25, -0.2) is 0 Å². The first-order valence-corrected chi connectivity index (χ1v) is 6.01. The molecule has 0 saturated heterocycles. The number of aryl methyl sites for hydroxylation is 1. The quantitative estimate of drug-likeness (QED) is 0.851. The molecule has 0 fully saturated rings. The van der Waals surface area contributed by atoms with Crippen LogP contribution in [0.1, 0.15) is 18.4 Å². The Labute approximate surface area is 106 Å². The highest BCUT2D eigenvalue weighted by Crippen LogP contribution is 2.22. The third-order valence-corrected chi connectivity index (χ3v) is 2.70. The number of nitrogens with two attached hydrogens (primary N) is 1. The van der Waals surface area contributed by atoms with Crippen molar-refractivity contribution in [3.8, 4) is 0 Å². The fraction of sp³-hybridized carbons (Fsp3) is 0.538. The average molecular weight is 260 g/mol. The Balaban J connectivity index is 2.68. The molecular weight excluding hydrogens is 241 g/mol. The highest BCUT2D eigenvalue weighted by atomic mass is 19.4. The maximum absolute atomic E-state index is 12.3. The van der Waals surface area contributed by atoms with Crippen LogP contribution < -0.4 is 10.6 Å². The van der Waals surface area contributed by atoms with Gasteiger partial charge in [-0.1, -0.05) is 17.7 Å². The van der Waals surface area contributed by atoms with Crippen molar-refractivity contribution in [2.75, 3.05) is 24.5 Å². The predicted molar refractivity (Wildman–Crippen MR) is 67.7 cm³/mol. The van der Waals surface area contributed by atoms with E-state index in [-0.39, 0.29) is 6.54 Å². The third kappa shape index (κ3) is 5.40. The van der Waals surface area contributed by atoms with Crippen LogP contribution in [0.15, 0.2) is 24.3 Å². The fourth-order valence-electron chi connectivity index (χ4n) is 1.67. The van der Waals surface area contributed by atoms with E-state index in [9.17, 15) is 13.2 Å². The van der Waals surface area contributed by atoms with Crippen LogP contribution in [0.25, 0.3) is 0 Å². The van der Waals surface area contributed by atoms with Gasteiger partial charge < -0.3 is 10.6 Å². The molecule has 0 aliphatic rings. The largest absolute Gasteiger partial charge is 0.390 e. The maximum atomic E-state index is 12.3. The van der Waals surface area contributed by atoms with Gasteiger partial charge in [0.1, 0.15) is 0 Å². The zero-order valence-corrected chi connectivity index (χ0v) is 10.5. The van der Waals surface area contributed by atoms with Gasteiger partial charge in [0.2, 0.25) is 0 Å². The van der Waals surface area contributed by atoms with Gasteiger partial charge in [-0.2, -0.15) is 13.2 Å². The fourth-order valence-corrected chi connectivity index (χ4v) is 1.67. The van der Waals surface area contributed by atoms with Crippen molar-refractivity contribution < 1.29 is 13.2 Å². The van der Waals surface area contributed by atoms with Gasteiger partial charge in [-0.05, 0) is 32.0 Å². The minimum atomic E-state index is -4.12. The Morgan fingerprint density at radius 2 is 1.72 bits per heavy atom. The molecule has 0 saturated carbocycles. The van der Waals surface area contributed by atoms with Crippen molar-refractivity contribution in [2.24, 2.45) is 5.73 Å². The molecule has 5 heteroatoms. The smallest absolute Gasteiger partial charge is 0.371 e. The highest BCUT2D eigenvalue weighted by Gasteiger charge is 2.27. The first-order valence-electron chi connectivity index (χ1n) is 6.01. The molecule has 0 bridgehead atoms. The molecule has 18 heavy (non-hydrogen) atoms. The van der Waals surface area contributed by atoms with Crippen molar-refractivity contribution in [1.82, 2.24) is 0 Å². The summed E-state index contributed by atoms with van der Waals surface area (Å²) < 4.78 is 36.8. The van der Waals surface area contributed by atoms with E-state index in [1.54, 1.807) is 4.90 Å². The second-order valence-corrected chi connectivity index (χ2v) is 4.33. The van der Waals surface area contributed by atoms with Gasteiger partial charge in [-0.15, -0.1) is 0 Å². The summed E-state index contributed by atoms with van der Waals surface area (Å²) in [6, 6.07) is 7.50. The summed E-state index contributed by atoms with van der Waals surface area (Å²) in [5, 5.41) is 0. The van der Waals surface area contributed by atoms with E-state index < -0.39 is 12.6 Å². The van der Waals surface area contributed by atoms with Gasteiger partial charge in [-0.3, -0.25) is 0 Å². The van der Waals surface area contributed by atoms with Crippen LogP contribution in [0.5, 0.6) is 0 Å². The standard InChI is InChI=1S/C13H19F3N2/c1-11-3-5-12(6-4-11)18(9-2-8-17)10-7-13(14,15)16/h3-6H,2,7-10,17H2,1H3. The summed E-state index contributed by atoms with van der Waals surface area (Å²) in [5.41, 5.74) is 7.32. The molecule has 0 heterocycles. The molecule has 2 nitrogen and oxygen atoms in total. The van der Waals surface area contributed by atoms with Crippen LogP contribution in [0.2, 0.25) is 0 Å². The first-order chi connectivity index (χ1) is 8.42. The molecule has 1 aromatic carbocycles. The minimum absolute atomic E-state index is 0.0213. The Bertz CT molecular complexity index is 346. The summed E-state index contributed by atoms with van der Waals surface area (Å²) >= 11 is 0. The lowest BCUT2D eigenvalue weighted by atomic mass is 10.2. The molecule has 102 valence electrons. The van der Waals surface area contributed by atoms with E-state index >= 15 is 0 Å². The molecule has 0 aromatic heterocycles. The van der Waals surface area contributed by atoms with Gasteiger partial charge in [0, 0.05) is 18.8 Å². The lowest BCUT2D eigenvalue weighted by Gasteiger charge is -2.25. The molecule has 0 aliphatic heterocycles. The van der Waals surface area contributed by atoms with Crippen molar-refractivity contribution in [3.05, 3.63) is 29.8 Å². The number of alkyl halides is 3. The highest BCUT2D eigenvalue weighted by molar-refractivity contribution is 5.47. The summed E-state index contributed by atoms with van der Waals surface area (Å²) in [4.78, 5) is 1.74. The molecule has 1 aromatic rings. The molecule has 0 radical (unpaired) electrons. The van der Waals surface area contributed by atoms with Crippen molar-refractivity contribution in [3.63, 3.8) is 0 Å². The third-order valence-electron chi connectivity index (χ3n) is 2.70. The Kier molecular flexibility index (Phi) is 5.47. The molecule has 0 unspecified atom stereocenters. The molecule has 1 rings (SSSR count). The molecule has 0 spiro atoms. The topological polar surface area (TPSA) is 29.3 Å². The zero-order chi connectivity index (χ0) is 13.6. The SMILES string of the molecule is Cc1ccc(N(CCCN)CCC(F)(F)F)cc1. The minimum Gasteiger partial charge on any atom is -0.371 e. The molecule has 0 atom stereocenters. The van der Waals surface area contributed by atoms with Crippen LogP contribution in [0.3, 0.4) is 0 Å². The summed E-state index contributed by atoms with van der Waals surface area (Å²) in [6.07, 6.45) is -4.23. The van der Waals surface area contributed by atoms with Gasteiger partial charge >= 0.3 is 6.18 Å². The number of hydrogen-bond donors (Lipinski definition) is 1. The van der Waals surface area contributed by atoms with E-state index in [2.05, 4.69) is 0 Å². The van der Waals surface area contributed by atoms with Crippen molar-refractivity contribution in [2.45, 2.75) is 25.9 Å². The lowest BCUT2D eigenvalue weighted by molar-refractivity contribution is -0.132. The van der Waals surface area contributed by atoms with Gasteiger partial charge in [0.15, 0.2) is 0 Å². The number of anilines is 1. The average Bonchev–Trinajstić information content (AvgIpc) is 2.29. The van der Waals surface area contributed by atoms with E-state index in [1.165, 1.54) is 0 Å². The van der Waals surface area contributed by atoms with E-state index in [4.69, 9.17) is 5.73 Å². The van der Waals surface area contributed by atoms with Crippen LogP contribution >= 0.6 is 0 Å². The summed E-state index contributed by atoms with van der Waals surface area (Å²) in [5.74, 6) is 0. The normalized spacial score (nSPS) is 11.6. The number of rotatable bonds is 6. The molecule has 0 aliphatic carbocycles. The van der Waals surface area contributed by atoms with Gasteiger partial charge in [0.05, 0.1) is 6.42 Å². The Morgan fingerprint density at radius 3 is 2.22 bits per heavy atom. The Hall–Kier alpha value is -1.23. The monoisotopic (exact) mass is 260 g/mol. The summed E-state index contributed by atoms with van der Waals surface area (Å²) in [7, 11) is 0.